The van der Waals surface area contributed by atoms with Gasteiger partial charge in [-0.3, -0.25) is 14.7 Å². The molecule has 0 aliphatic carbocycles. The number of piperidine rings is 1. The van der Waals surface area contributed by atoms with E-state index in [-0.39, 0.29) is 5.91 Å². The Balaban J connectivity index is 1.87. The zero-order valence-electron chi connectivity index (χ0n) is 15.9. The number of nitrogens with one attached hydrogen (secondary N) is 1. The molecule has 138 valence electrons. The normalized spacial score (nSPS) is 22.6. The van der Waals surface area contributed by atoms with Crippen LogP contribution in [-0.2, 0) is 4.79 Å². The van der Waals surface area contributed by atoms with Crippen LogP contribution in [0.1, 0.15) is 40.5 Å². The minimum Gasteiger partial charge on any atom is -0.357 e. The quantitative estimate of drug-likeness (QED) is 0.619. The summed E-state index contributed by atoms with van der Waals surface area (Å²) >= 11 is 0. The maximum absolute atomic E-state index is 11.5. The number of piperazine rings is 1. The maximum Gasteiger partial charge on any atom is 0.219 e. The molecule has 2 aliphatic rings. The first-order chi connectivity index (χ1) is 11.5. The SMILES string of the molecule is CCNC(=NCC(C)N1CCC(C)CC1)N1CCN(C(C)=O)CC1. The first-order valence-electron chi connectivity index (χ1n) is 9.54. The predicted molar refractivity (Wildman–Crippen MR) is 99.2 cm³/mol. The van der Waals surface area contributed by atoms with Gasteiger partial charge in [-0.15, -0.1) is 0 Å². The Bertz CT molecular complexity index is 423. The molecular weight excluding hydrogens is 302 g/mol. The zero-order chi connectivity index (χ0) is 17.5. The second kappa shape index (κ2) is 9.25. The fourth-order valence-electron chi connectivity index (χ4n) is 3.46. The average molecular weight is 338 g/mol. The number of carbonyl (C=O) groups excluding carboxylic acids is 1. The van der Waals surface area contributed by atoms with Gasteiger partial charge in [0, 0.05) is 45.7 Å². The van der Waals surface area contributed by atoms with Crippen LogP contribution in [0.5, 0.6) is 0 Å². The number of amides is 1. The number of rotatable bonds is 4. The first kappa shape index (κ1) is 19.0. The van der Waals surface area contributed by atoms with Crippen molar-refractivity contribution in [2.24, 2.45) is 10.9 Å². The number of aliphatic imine (C=N–C) groups is 1. The van der Waals surface area contributed by atoms with Gasteiger partial charge in [-0.2, -0.15) is 0 Å². The number of nitrogens with zero attached hydrogens (tertiary/aromatic N) is 4. The molecule has 2 rings (SSSR count). The van der Waals surface area contributed by atoms with Crippen molar-refractivity contribution in [1.82, 2.24) is 20.0 Å². The van der Waals surface area contributed by atoms with E-state index in [4.69, 9.17) is 4.99 Å². The molecule has 0 aromatic carbocycles. The molecule has 0 bridgehead atoms. The Morgan fingerprint density at radius 1 is 1.12 bits per heavy atom. The second-order valence-electron chi connectivity index (χ2n) is 7.26. The van der Waals surface area contributed by atoms with Gasteiger partial charge in [0.15, 0.2) is 5.96 Å². The number of likely N-dealkylation sites (tertiary alicyclic amines) is 1. The summed E-state index contributed by atoms with van der Waals surface area (Å²) in [6.45, 7) is 15.8. The summed E-state index contributed by atoms with van der Waals surface area (Å²) in [5, 5.41) is 3.42. The lowest BCUT2D eigenvalue weighted by Crippen LogP contribution is -2.53. The molecule has 0 saturated carbocycles. The van der Waals surface area contributed by atoms with E-state index in [9.17, 15) is 4.79 Å². The summed E-state index contributed by atoms with van der Waals surface area (Å²) in [6, 6.07) is 0.490. The third-order valence-corrected chi connectivity index (χ3v) is 5.31. The van der Waals surface area contributed by atoms with E-state index in [0.29, 0.717) is 6.04 Å². The molecule has 2 aliphatic heterocycles. The highest BCUT2D eigenvalue weighted by atomic mass is 16.2. The molecule has 6 heteroatoms. The highest BCUT2D eigenvalue weighted by Gasteiger charge is 2.22. The van der Waals surface area contributed by atoms with Crippen LogP contribution in [0.25, 0.3) is 0 Å². The summed E-state index contributed by atoms with van der Waals surface area (Å²) in [5.74, 6) is 2.04. The van der Waals surface area contributed by atoms with Crippen LogP contribution in [0.2, 0.25) is 0 Å². The number of hydrogen-bond donors (Lipinski definition) is 1. The van der Waals surface area contributed by atoms with Gasteiger partial charge in [0.25, 0.3) is 0 Å². The Morgan fingerprint density at radius 2 is 1.71 bits per heavy atom. The number of hydrogen-bond acceptors (Lipinski definition) is 3. The van der Waals surface area contributed by atoms with E-state index in [1.54, 1.807) is 6.92 Å². The van der Waals surface area contributed by atoms with Gasteiger partial charge in [0.1, 0.15) is 0 Å². The molecule has 2 saturated heterocycles. The molecule has 0 spiro atoms. The highest BCUT2D eigenvalue weighted by Crippen LogP contribution is 2.18. The number of carbonyl (C=O) groups is 1. The molecule has 2 heterocycles. The predicted octanol–water partition coefficient (Wildman–Crippen LogP) is 1.24. The summed E-state index contributed by atoms with van der Waals surface area (Å²) in [5.41, 5.74) is 0. The minimum absolute atomic E-state index is 0.171. The van der Waals surface area contributed by atoms with E-state index in [1.807, 2.05) is 4.90 Å². The van der Waals surface area contributed by atoms with Crippen molar-refractivity contribution in [3.05, 3.63) is 0 Å². The third kappa shape index (κ3) is 5.36. The van der Waals surface area contributed by atoms with Crippen LogP contribution in [0.15, 0.2) is 4.99 Å². The standard InChI is InChI=1S/C18H35N5O/c1-5-19-18(23-12-10-22(11-13-23)17(4)24)20-14-16(3)21-8-6-15(2)7-9-21/h15-16H,5-14H2,1-4H3,(H,19,20). The largest absolute Gasteiger partial charge is 0.357 e. The lowest BCUT2D eigenvalue weighted by Gasteiger charge is -2.37. The zero-order valence-corrected chi connectivity index (χ0v) is 15.9. The van der Waals surface area contributed by atoms with E-state index in [2.05, 4.69) is 35.9 Å². The van der Waals surface area contributed by atoms with Crippen molar-refractivity contribution in [3.63, 3.8) is 0 Å². The monoisotopic (exact) mass is 337 g/mol. The van der Waals surface area contributed by atoms with Crippen molar-refractivity contribution in [2.45, 2.75) is 46.6 Å². The topological polar surface area (TPSA) is 51.2 Å². The summed E-state index contributed by atoms with van der Waals surface area (Å²) in [7, 11) is 0. The van der Waals surface area contributed by atoms with E-state index >= 15 is 0 Å². The molecule has 0 aromatic rings. The molecule has 1 amide bonds. The second-order valence-corrected chi connectivity index (χ2v) is 7.26. The summed E-state index contributed by atoms with van der Waals surface area (Å²) in [6.07, 6.45) is 2.61. The summed E-state index contributed by atoms with van der Waals surface area (Å²) in [4.78, 5) is 23.1. The fraction of sp³-hybridized carbons (Fsp3) is 0.889. The lowest BCUT2D eigenvalue weighted by molar-refractivity contribution is -0.130. The number of guanidine groups is 1. The van der Waals surface area contributed by atoms with Gasteiger partial charge in [-0.25, -0.2) is 0 Å². The van der Waals surface area contributed by atoms with Crippen LogP contribution >= 0.6 is 0 Å². The molecule has 1 unspecified atom stereocenters. The molecule has 2 fully saturated rings. The van der Waals surface area contributed by atoms with Gasteiger partial charge in [0.2, 0.25) is 5.91 Å². The molecule has 0 radical (unpaired) electrons. The van der Waals surface area contributed by atoms with Gasteiger partial charge in [0.05, 0.1) is 6.54 Å². The average Bonchev–Trinajstić information content (AvgIpc) is 2.59. The van der Waals surface area contributed by atoms with Crippen LogP contribution in [-0.4, -0.2) is 85.0 Å². The smallest absolute Gasteiger partial charge is 0.219 e. The van der Waals surface area contributed by atoms with Crippen LogP contribution in [0.3, 0.4) is 0 Å². The van der Waals surface area contributed by atoms with Crippen molar-refractivity contribution >= 4 is 11.9 Å². The highest BCUT2D eigenvalue weighted by molar-refractivity contribution is 5.80. The van der Waals surface area contributed by atoms with E-state index in [1.165, 1.54) is 25.9 Å². The Morgan fingerprint density at radius 3 is 2.25 bits per heavy atom. The van der Waals surface area contributed by atoms with Crippen molar-refractivity contribution in [2.75, 3.05) is 52.4 Å². The molecule has 1 atom stereocenters. The molecule has 6 nitrogen and oxygen atoms in total. The van der Waals surface area contributed by atoms with Crippen LogP contribution < -0.4 is 5.32 Å². The van der Waals surface area contributed by atoms with Crippen molar-refractivity contribution in [3.8, 4) is 0 Å². The lowest BCUT2D eigenvalue weighted by atomic mass is 9.98. The molecule has 0 aromatic heterocycles. The van der Waals surface area contributed by atoms with E-state index in [0.717, 1.165) is 51.1 Å². The summed E-state index contributed by atoms with van der Waals surface area (Å²) < 4.78 is 0. The van der Waals surface area contributed by atoms with Gasteiger partial charge in [-0.1, -0.05) is 6.92 Å². The minimum atomic E-state index is 0.171. The van der Waals surface area contributed by atoms with E-state index < -0.39 is 0 Å². The van der Waals surface area contributed by atoms with Crippen molar-refractivity contribution < 1.29 is 4.79 Å². The third-order valence-electron chi connectivity index (χ3n) is 5.31. The van der Waals surface area contributed by atoms with Gasteiger partial charge >= 0.3 is 0 Å². The van der Waals surface area contributed by atoms with Crippen molar-refractivity contribution in [1.29, 1.82) is 0 Å². The Hall–Kier alpha value is -1.30. The van der Waals surface area contributed by atoms with Crippen LogP contribution in [0.4, 0.5) is 0 Å². The molecule has 24 heavy (non-hydrogen) atoms. The Labute approximate surface area is 147 Å². The fourth-order valence-corrected chi connectivity index (χ4v) is 3.46. The first-order valence-corrected chi connectivity index (χ1v) is 9.54. The van der Waals surface area contributed by atoms with Gasteiger partial charge < -0.3 is 15.1 Å². The molecule has 1 N–H and O–H groups in total. The van der Waals surface area contributed by atoms with Gasteiger partial charge in [-0.05, 0) is 45.7 Å². The maximum atomic E-state index is 11.5. The molecular formula is C18H35N5O. The van der Waals surface area contributed by atoms with Crippen LogP contribution in [0, 0.1) is 5.92 Å². The Kier molecular flexibility index (Phi) is 7.34.